The highest BCUT2D eigenvalue weighted by Crippen LogP contribution is 2.47. The molecule has 2 aromatic rings. The molecule has 1 aliphatic heterocycles. The molecular formula is C20H21N3O5S. The van der Waals surface area contributed by atoms with Crippen LogP contribution in [0.1, 0.15) is 10.8 Å². The Morgan fingerprint density at radius 2 is 1.86 bits per heavy atom. The molecule has 3 rings (SSSR count). The van der Waals surface area contributed by atoms with E-state index in [1.54, 1.807) is 43.5 Å². The van der Waals surface area contributed by atoms with Crippen molar-refractivity contribution >= 4 is 34.8 Å². The van der Waals surface area contributed by atoms with Crippen LogP contribution in [-0.4, -0.2) is 55.8 Å². The zero-order valence-electron chi connectivity index (χ0n) is 16.3. The summed E-state index contributed by atoms with van der Waals surface area (Å²) in [5, 5.41) is 10.8. The molecule has 9 heteroatoms. The Bertz CT molecular complexity index is 946. The smallest absolute Gasteiger partial charge is 0.296 e. The second-order valence-electron chi connectivity index (χ2n) is 6.78. The lowest BCUT2D eigenvalue weighted by atomic mass is 10.1. The molecule has 0 aliphatic carbocycles. The van der Waals surface area contributed by atoms with Crippen LogP contribution in [0.3, 0.4) is 0 Å². The number of nitrogens with zero attached hydrogens (tertiary/aromatic N) is 3. The van der Waals surface area contributed by atoms with Gasteiger partial charge in [0.1, 0.15) is 16.7 Å². The summed E-state index contributed by atoms with van der Waals surface area (Å²) in [4.78, 5) is 40.9. The number of carbonyl (C=O) groups excluding carboxylic acids is 2. The minimum absolute atomic E-state index is 0.172. The van der Waals surface area contributed by atoms with Crippen LogP contribution in [-0.2, 0) is 9.59 Å². The number of ketones is 1. The summed E-state index contributed by atoms with van der Waals surface area (Å²) in [6.07, 6.45) is 0. The molecule has 0 radical (unpaired) electrons. The summed E-state index contributed by atoms with van der Waals surface area (Å²) >= 11 is 1.15. The predicted molar refractivity (Wildman–Crippen MR) is 111 cm³/mol. The van der Waals surface area contributed by atoms with Gasteiger partial charge in [0.2, 0.25) is 5.78 Å². The van der Waals surface area contributed by atoms with E-state index in [4.69, 9.17) is 4.74 Å². The van der Waals surface area contributed by atoms with Gasteiger partial charge in [-0.05, 0) is 37.9 Å². The average Bonchev–Trinajstić information content (AvgIpc) is 2.81. The van der Waals surface area contributed by atoms with E-state index in [0.29, 0.717) is 22.8 Å². The number of Topliss-reactive ketones (excluding diaryl/α,β-unsaturated/α-hetero) is 1. The summed E-state index contributed by atoms with van der Waals surface area (Å²) in [5.41, 5.74) is 0.630. The van der Waals surface area contributed by atoms with Crippen LogP contribution in [0.5, 0.6) is 5.75 Å². The van der Waals surface area contributed by atoms with Crippen molar-refractivity contribution < 1.29 is 19.2 Å². The highest BCUT2D eigenvalue weighted by atomic mass is 32.2. The van der Waals surface area contributed by atoms with E-state index in [-0.39, 0.29) is 17.9 Å². The van der Waals surface area contributed by atoms with Crippen molar-refractivity contribution in [2.75, 3.05) is 39.2 Å². The Kier molecular flexibility index (Phi) is 6.19. The van der Waals surface area contributed by atoms with E-state index >= 15 is 0 Å². The maximum Gasteiger partial charge on any atom is 0.296 e. The van der Waals surface area contributed by atoms with Crippen LogP contribution in [0.4, 0.5) is 11.4 Å². The van der Waals surface area contributed by atoms with Crippen molar-refractivity contribution in [2.45, 2.75) is 10.1 Å². The number of para-hydroxylation sites is 1. The number of rotatable bonds is 6. The van der Waals surface area contributed by atoms with Gasteiger partial charge in [-0.3, -0.25) is 24.6 Å². The van der Waals surface area contributed by atoms with Crippen LogP contribution in [0.15, 0.2) is 47.4 Å². The van der Waals surface area contributed by atoms with Crippen LogP contribution >= 0.6 is 11.8 Å². The second-order valence-corrected chi connectivity index (χ2v) is 7.92. The number of hydrogen-bond acceptors (Lipinski definition) is 7. The van der Waals surface area contributed by atoms with Gasteiger partial charge in [0, 0.05) is 24.1 Å². The van der Waals surface area contributed by atoms with Gasteiger partial charge in [-0.2, -0.15) is 0 Å². The number of methoxy groups -OCH3 is 1. The molecule has 0 N–H and O–H groups in total. The van der Waals surface area contributed by atoms with E-state index in [1.807, 2.05) is 19.0 Å². The SMILES string of the molecule is COc1ccc(C2Sc3cccc([N+](=O)[O-])c3N(CCN(C)C)C(=O)C2=O)cc1. The molecule has 8 nitrogen and oxygen atoms in total. The minimum atomic E-state index is -0.793. The number of fused-ring (bicyclic) bond motifs is 1. The quantitative estimate of drug-likeness (QED) is 0.407. The number of amides is 1. The fourth-order valence-electron chi connectivity index (χ4n) is 3.06. The number of ether oxygens (including phenoxy) is 1. The molecule has 0 fully saturated rings. The summed E-state index contributed by atoms with van der Waals surface area (Å²) < 4.78 is 5.15. The predicted octanol–water partition coefficient (Wildman–Crippen LogP) is 2.91. The molecule has 0 saturated heterocycles. The second kappa shape index (κ2) is 8.62. The van der Waals surface area contributed by atoms with Crippen molar-refractivity contribution in [2.24, 2.45) is 0 Å². The van der Waals surface area contributed by atoms with Gasteiger partial charge in [0.05, 0.1) is 12.0 Å². The molecule has 1 amide bonds. The van der Waals surface area contributed by atoms with Crippen LogP contribution in [0.25, 0.3) is 0 Å². The van der Waals surface area contributed by atoms with Crippen molar-refractivity contribution in [3.63, 3.8) is 0 Å². The Morgan fingerprint density at radius 3 is 2.45 bits per heavy atom. The molecule has 1 unspecified atom stereocenters. The Balaban J connectivity index is 2.11. The van der Waals surface area contributed by atoms with Gasteiger partial charge in [-0.15, -0.1) is 11.8 Å². The maximum atomic E-state index is 13.1. The molecule has 1 heterocycles. The zero-order valence-corrected chi connectivity index (χ0v) is 17.1. The van der Waals surface area contributed by atoms with Gasteiger partial charge in [-0.1, -0.05) is 18.2 Å². The van der Waals surface area contributed by atoms with Gasteiger partial charge in [0.25, 0.3) is 11.6 Å². The molecule has 0 spiro atoms. The number of hydrogen-bond donors (Lipinski definition) is 0. The molecule has 2 aromatic carbocycles. The Morgan fingerprint density at radius 1 is 1.17 bits per heavy atom. The molecule has 1 aliphatic rings. The first-order valence-electron chi connectivity index (χ1n) is 8.92. The average molecular weight is 415 g/mol. The highest BCUT2D eigenvalue weighted by molar-refractivity contribution is 8.00. The number of benzene rings is 2. The lowest BCUT2D eigenvalue weighted by Gasteiger charge is -2.23. The number of nitro groups is 1. The van der Waals surface area contributed by atoms with Crippen LogP contribution in [0, 0.1) is 10.1 Å². The largest absolute Gasteiger partial charge is 0.497 e. The summed E-state index contributed by atoms with van der Waals surface area (Å²) in [6.45, 7) is 0.633. The standard InChI is InChI=1S/C20H21N3O5S/c1-21(2)11-12-22-17-15(23(26)27)5-4-6-16(17)29-19(18(24)20(22)25)13-7-9-14(28-3)10-8-13/h4-10,19H,11-12H2,1-3H3. The highest BCUT2D eigenvalue weighted by Gasteiger charge is 2.40. The van der Waals surface area contributed by atoms with Crippen molar-refractivity contribution in [3.8, 4) is 5.75 Å². The van der Waals surface area contributed by atoms with E-state index in [1.165, 1.54) is 11.0 Å². The number of nitro benzene ring substituents is 1. The number of likely N-dealkylation sites (N-methyl/N-ethyl adjacent to an activating group) is 1. The fourth-order valence-corrected chi connectivity index (χ4v) is 4.30. The molecule has 152 valence electrons. The maximum absolute atomic E-state index is 13.1. The van der Waals surface area contributed by atoms with Crippen LogP contribution < -0.4 is 9.64 Å². The van der Waals surface area contributed by atoms with E-state index < -0.39 is 21.9 Å². The van der Waals surface area contributed by atoms with Crippen molar-refractivity contribution in [1.82, 2.24) is 4.90 Å². The first-order chi connectivity index (χ1) is 13.8. The Hall–Kier alpha value is -2.91. The number of thioether (sulfide) groups is 1. The molecule has 0 saturated carbocycles. The molecule has 29 heavy (non-hydrogen) atoms. The molecule has 0 bridgehead atoms. The van der Waals surface area contributed by atoms with E-state index in [9.17, 15) is 19.7 Å². The molecule has 0 aromatic heterocycles. The third-order valence-electron chi connectivity index (χ3n) is 4.57. The number of carbonyl (C=O) groups is 2. The van der Waals surface area contributed by atoms with E-state index in [0.717, 1.165) is 11.8 Å². The summed E-state index contributed by atoms with van der Waals surface area (Å²) in [6, 6.07) is 11.5. The first-order valence-corrected chi connectivity index (χ1v) is 9.80. The first kappa shape index (κ1) is 20.8. The lowest BCUT2D eigenvalue weighted by molar-refractivity contribution is -0.384. The molecular weight excluding hydrogens is 394 g/mol. The van der Waals surface area contributed by atoms with Gasteiger partial charge in [-0.25, -0.2) is 0 Å². The van der Waals surface area contributed by atoms with Crippen LogP contribution in [0.2, 0.25) is 0 Å². The Labute approximate surface area is 172 Å². The number of anilines is 1. The van der Waals surface area contributed by atoms with E-state index in [2.05, 4.69) is 0 Å². The topological polar surface area (TPSA) is 93.0 Å². The summed E-state index contributed by atoms with van der Waals surface area (Å²) in [7, 11) is 5.21. The minimum Gasteiger partial charge on any atom is -0.497 e. The van der Waals surface area contributed by atoms with Crippen molar-refractivity contribution in [3.05, 3.63) is 58.1 Å². The third-order valence-corrected chi connectivity index (χ3v) is 5.88. The van der Waals surface area contributed by atoms with Gasteiger partial charge < -0.3 is 9.64 Å². The van der Waals surface area contributed by atoms with Crippen molar-refractivity contribution in [1.29, 1.82) is 0 Å². The fraction of sp³-hybridized carbons (Fsp3) is 0.300. The van der Waals surface area contributed by atoms with Gasteiger partial charge in [0.15, 0.2) is 0 Å². The molecule has 1 atom stereocenters. The summed E-state index contributed by atoms with van der Waals surface area (Å²) in [5.74, 6) is -0.715. The monoisotopic (exact) mass is 415 g/mol. The normalized spacial score (nSPS) is 16.6. The lowest BCUT2D eigenvalue weighted by Crippen LogP contribution is -2.41. The third kappa shape index (κ3) is 4.25. The zero-order chi connectivity index (χ0) is 21.1. The van der Waals surface area contributed by atoms with Gasteiger partial charge >= 0.3 is 0 Å².